The lowest BCUT2D eigenvalue weighted by atomic mass is 9.94. The van der Waals surface area contributed by atoms with Gasteiger partial charge in [0.15, 0.2) is 0 Å². The first kappa shape index (κ1) is 28.3. The zero-order valence-electron chi connectivity index (χ0n) is 25.9. The summed E-state index contributed by atoms with van der Waals surface area (Å²) in [6, 6.07) is 50.8. The SMILES string of the molecule is CC1C=C(N(c2ccccc2)c2ccc3sc4c(/C(=C\c5ccc6ccccc6c5)Cc5ccccc5)cccc4c3c2)C=CC1. The van der Waals surface area contributed by atoms with Crippen molar-refractivity contribution in [1.82, 2.24) is 0 Å². The minimum Gasteiger partial charge on any atom is -0.311 e. The van der Waals surface area contributed by atoms with Crippen molar-refractivity contribution in [2.45, 2.75) is 19.8 Å². The molecule has 2 heteroatoms. The summed E-state index contributed by atoms with van der Waals surface area (Å²) in [6.45, 7) is 2.29. The number of para-hydroxylation sites is 1. The summed E-state index contributed by atoms with van der Waals surface area (Å²) < 4.78 is 2.65. The Bertz CT molecular complexity index is 2270. The molecular formula is C44H35NS. The molecule has 1 aromatic heterocycles. The summed E-state index contributed by atoms with van der Waals surface area (Å²) in [5, 5.41) is 5.15. The van der Waals surface area contributed by atoms with Crippen LogP contribution in [0.4, 0.5) is 11.4 Å². The lowest BCUT2D eigenvalue weighted by Crippen LogP contribution is -2.17. The van der Waals surface area contributed by atoms with Crippen LogP contribution in [0, 0.1) is 5.92 Å². The molecule has 46 heavy (non-hydrogen) atoms. The molecule has 1 atom stereocenters. The van der Waals surface area contributed by atoms with Crippen LogP contribution in [-0.4, -0.2) is 0 Å². The molecule has 0 N–H and O–H groups in total. The van der Waals surface area contributed by atoms with Crippen LogP contribution < -0.4 is 4.90 Å². The number of anilines is 2. The van der Waals surface area contributed by atoms with E-state index in [1.54, 1.807) is 0 Å². The highest BCUT2D eigenvalue weighted by Crippen LogP contribution is 2.42. The zero-order chi connectivity index (χ0) is 30.9. The largest absolute Gasteiger partial charge is 0.311 e. The molecule has 1 nitrogen and oxygen atoms in total. The van der Waals surface area contributed by atoms with Gasteiger partial charge in [0.05, 0.1) is 0 Å². The predicted octanol–water partition coefficient (Wildman–Crippen LogP) is 12.6. The second kappa shape index (κ2) is 12.3. The van der Waals surface area contributed by atoms with E-state index in [0.717, 1.165) is 12.8 Å². The van der Waals surface area contributed by atoms with E-state index in [1.165, 1.54) is 70.3 Å². The first-order valence-corrected chi connectivity index (χ1v) is 16.9. The highest BCUT2D eigenvalue weighted by molar-refractivity contribution is 7.26. The smallest absolute Gasteiger partial charge is 0.0468 e. The summed E-state index contributed by atoms with van der Waals surface area (Å²) in [5.74, 6) is 0.511. The van der Waals surface area contributed by atoms with Crippen molar-refractivity contribution in [3.63, 3.8) is 0 Å². The van der Waals surface area contributed by atoms with Crippen molar-refractivity contribution in [3.8, 4) is 0 Å². The number of thiophene rings is 1. The van der Waals surface area contributed by atoms with Crippen LogP contribution in [0.15, 0.2) is 163 Å². The van der Waals surface area contributed by atoms with E-state index in [9.17, 15) is 0 Å². The topological polar surface area (TPSA) is 3.24 Å². The molecule has 222 valence electrons. The van der Waals surface area contributed by atoms with Crippen LogP contribution in [0.1, 0.15) is 30.0 Å². The minimum atomic E-state index is 0.511. The van der Waals surface area contributed by atoms with E-state index >= 15 is 0 Å². The van der Waals surface area contributed by atoms with Gasteiger partial charge in [0.1, 0.15) is 0 Å². The molecule has 0 aliphatic heterocycles. The molecule has 0 saturated carbocycles. The van der Waals surface area contributed by atoms with Crippen LogP contribution >= 0.6 is 11.3 Å². The predicted molar refractivity (Wildman–Crippen MR) is 201 cm³/mol. The van der Waals surface area contributed by atoms with Crippen molar-refractivity contribution >= 4 is 65.3 Å². The average Bonchev–Trinajstić information content (AvgIpc) is 3.47. The van der Waals surface area contributed by atoms with Gasteiger partial charge in [-0.25, -0.2) is 0 Å². The third kappa shape index (κ3) is 5.57. The molecule has 1 heterocycles. The Kier molecular flexibility index (Phi) is 7.57. The Morgan fingerprint density at radius 1 is 0.717 bits per heavy atom. The lowest BCUT2D eigenvalue weighted by Gasteiger charge is -2.28. The molecule has 6 aromatic carbocycles. The molecule has 7 aromatic rings. The normalized spacial score (nSPS) is 15.0. The molecule has 0 spiro atoms. The standard InChI is InChI=1S/C44H35NS/c1-31-12-10-19-38(26-31)45(37-17-6-3-7-18-37)39-24-25-43-42(30-39)41-21-11-20-40(44(41)46-43)36(27-32-13-4-2-5-14-32)29-33-22-23-34-15-8-9-16-35(34)28-33/h2-11,13-26,28-31H,12,27H2,1H3/b36-29-. The minimum absolute atomic E-state index is 0.511. The second-order valence-electron chi connectivity index (χ2n) is 12.3. The van der Waals surface area contributed by atoms with Crippen molar-refractivity contribution in [1.29, 1.82) is 0 Å². The summed E-state index contributed by atoms with van der Waals surface area (Å²) >= 11 is 1.90. The number of fused-ring (bicyclic) bond motifs is 4. The fourth-order valence-corrected chi connectivity index (χ4v) is 7.94. The molecule has 8 rings (SSSR count). The summed E-state index contributed by atoms with van der Waals surface area (Å²) in [5.41, 5.74) is 8.77. The molecule has 0 amide bonds. The number of hydrogen-bond acceptors (Lipinski definition) is 2. The lowest BCUT2D eigenvalue weighted by molar-refractivity contribution is 0.726. The first-order valence-electron chi connectivity index (χ1n) is 16.1. The summed E-state index contributed by atoms with van der Waals surface area (Å²) in [7, 11) is 0. The van der Waals surface area contributed by atoms with Gasteiger partial charge in [-0.05, 0) is 94.3 Å². The van der Waals surface area contributed by atoms with E-state index in [4.69, 9.17) is 0 Å². The highest BCUT2D eigenvalue weighted by Gasteiger charge is 2.19. The fraction of sp³-hybridized carbons (Fsp3) is 0.0909. The highest BCUT2D eigenvalue weighted by atomic mass is 32.1. The van der Waals surface area contributed by atoms with Gasteiger partial charge in [0.2, 0.25) is 0 Å². The Balaban J connectivity index is 1.28. The van der Waals surface area contributed by atoms with Crippen molar-refractivity contribution in [3.05, 3.63) is 180 Å². The van der Waals surface area contributed by atoms with Crippen LogP contribution in [0.5, 0.6) is 0 Å². The van der Waals surface area contributed by atoms with Gasteiger partial charge in [-0.15, -0.1) is 11.3 Å². The maximum absolute atomic E-state index is 2.40. The molecule has 1 unspecified atom stereocenters. The zero-order valence-corrected chi connectivity index (χ0v) is 26.8. The van der Waals surface area contributed by atoms with E-state index in [0.29, 0.717) is 5.92 Å². The Morgan fingerprint density at radius 3 is 2.33 bits per heavy atom. The number of benzene rings is 6. The average molecular weight is 610 g/mol. The van der Waals surface area contributed by atoms with Crippen LogP contribution in [-0.2, 0) is 6.42 Å². The Hall–Kier alpha value is -5.18. The maximum Gasteiger partial charge on any atom is 0.0468 e. The Labute approximate surface area is 275 Å². The van der Waals surface area contributed by atoms with Crippen molar-refractivity contribution in [2.75, 3.05) is 4.90 Å². The van der Waals surface area contributed by atoms with Gasteiger partial charge in [0, 0.05) is 37.2 Å². The third-order valence-corrected chi connectivity index (χ3v) is 10.2. The van der Waals surface area contributed by atoms with Gasteiger partial charge in [-0.3, -0.25) is 0 Å². The summed E-state index contributed by atoms with van der Waals surface area (Å²) in [6.07, 6.45) is 11.3. The van der Waals surface area contributed by atoms with Crippen LogP contribution in [0.25, 0.3) is 42.6 Å². The summed E-state index contributed by atoms with van der Waals surface area (Å²) in [4.78, 5) is 2.40. The number of nitrogens with zero attached hydrogens (tertiary/aromatic N) is 1. The van der Waals surface area contributed by atoms with Crippen molar-refractivity contribution in [2.24, 2.45) is 5.92 Å². The molecule has 1 aliphatic carbocycles. The number of hydrogen-bond donors (Lipinski definition) is 0. The van der Waals surface area contributed by atoms with E-state index in [1.807, 2.05) is 11.3 Å². The van der Waals surface area contributed by atoms with Gasteiger partial charge < -0.3 is 4.90 Å². The van der Waals surface area contributed by atoms with Crippen LogP contribution in [0.3, 0.4) is 0 Å². The Morgan fingerprint density at radius 2 is 1.50 bits per heavy atom. The molecule has 0 saturated heterocycles. The molecular weight excluding hydrogens is 575 g/mol. The second-order valence-corrected chi connectivity index (χ2v) is 13.3. The molecule has 1 aliphatic rings. The number of allylic oxidation sites excluding steroid dienone is 4. The van der Waals surface area contributed by atoms with Gasteiger partial charge in [-0.1, -0.05) is 128 Å². The van der Waals surface area contributed by atoms with Gasteiger partial charge in [0.25, 0.3) is 0 Å². The van der Waals surface area contributed by atoms with Gasteiger partial charge in [-0.2, -0.15) is 0 Å². The third-order valence-electron chi connectivity index (χ3n) is 8.96. The van der Waals surface area contributed by atoms with E-state index in [2.05, 4.69) is 176 Å². The van der Waals surface area contributed by atoms with Gasteiger partial charge >= 0.3 is 0 Å². The maximum atomic E-state index is 2.40. The van der Waals surface area contributed by atoms with E-state index in [-0.39, 0.29) is 0 Å². The van der Waals surface area contributed by atoms with E-state index < -0.39 is 0 Å². The molecule has 0 fully saturated rings. The quantitative estimate of drug-likeness (QED) is 0.163. The molecule has 0 bridgehead atoms. The first-order chi connectivity index (χ1) is 22.7. The van der Waals surface area contributed by atoms with Crippen molar-refractivity contribution < 1.29 is 0 Å². The molecule has 0 radical (unpaired) electrons. The van der Waals surface area contributed by atoms with Crippen LogP contribution in [0.2, 0.25) is 0 Å². The fourth-order valence-electron chi connectivity index (χ4n) is 6.71. The number of rotatable bonds is 7. The monoisotopic (exact) mass is 609 g/mol.